The van der Waals surface area contributed by atoms with Crippen LogP contribution in [-0.2, 0) is 6.18 Å². The molecular weight excluding hydrogens is 447 g/mol. The Balaban J connectivity index is 1.76. The summed E-state index contributed by atoms with van der Waals surface area (Å²) in [5.41, 5.74) is 6.13. The number of anilines is 1. The zero-order valence-corrected chi connectivity index (χ0v) is 18.5. The predicted octanol–water partition coefficient (Wildman–Crippen LogP) is 5.79. The van der Waals surface area contributed by atoms with Crippen LogP contribution in [0.5, 0.6) is 0 Å². The van der Waals surface area contributed by atoms with Crippen LogP contribution in [-0.4, -0.2) is 21.1 Å². The lowest BCUT2D eigenvalue weighted by Gasteiger charge is -2.11. The molecule has 3 rings (SSSR count). The Bertz CT molecular complexity index is 1150. The van der Waals surface area contributed by atoms with Crippen LogP contribution in [0.25, 0.3) is 5.69 Å². The topological polar surface area (TPSA) is 54.2 Å². The number of aryl methyl sites for hydroxylation is 2. The third kappa shape index (κ3) is 5.23. The van der Waals surface area contributed by atoms with Gasteiger partial charge in [-0.1, -0.05) is 29.8 Å². The molecule has 0 saturated carbocycles. The molecule has 10 heteroatoms. The van der Waals surface area contributed by atoms with Gasteiger partial charge >= 0.3 is 6.18 Å². The highest BCUT2D eigenvalue weighted by Crippen LogP contribution is 2.31. The average molecular weight is 466 g/mol. The molecule has 31 heavy (non-hydrogen) atoms. The van der Waals surface area contributed by atoms with E-state index in [1.807, 2.05) is 32.0 Å². The van der Waals surface area contributed by atoms with E-state index in [2.05, 4.69) is 20.9 Å². The Labute approximate surface area is 187 Å². The quantitative estimate of drug-likeness (QED) is 0.291. The van der Waals surface area contributed by atoms with Gasteiger partial charge in [0.05, 0.1) is 28.7 Å². The fraction of sp³-hybridized carbons (Fsp3) is 0.190. The molecule has 0 aliphatic rings. The van der Waals surface area contributed by atoms with Crippen molar-refractivity contribution in [3.63, 3.8) is 0 Å². The van der Waals surface area contributed by atoms with E-state index in [1.165, 1.54) is 23.0 Å². The van der Waals surface area contributed by atoms with Gasteiger partial charge in [0.25, 0.3) is 0 Å². The number of hydrogen-bond acceptors (Lipinski definition) is 3. The number of aromatic nitrogens is 2. The molecule has 3 aromatic rings. The van der Waals surface area contributed by atoms with Crippen molar-refractivity contribution in [3.8, 4) is 5.69 Å². The molecule has 1 heterocycles. The lowest BCUT2D eigenvalue weighted by Crippen LogP contribution is -2.24. The summed E-state index contributed by atoms with van der Waals surface area (Å²) in [5, 5.41) is 11.8. The Hall–Kier alpha value is -2.91. The zero-order chi connectivity index (χ0) is 22.8. The largest absolute Gasteiger partial charge is 0.416 e. The van der Waals surface area contributed by atoms with E-state index in [9.17, 15) is 13.2 Å². The zero-order valence-electron chi connectivity index (χ0n) is 16.9. The summed E-state index contributed by atoms with van der Waals surface area (Å²) in [6.45, 7) is 5.67. The Kier molecular flexibility index (Phi) is 6.66. The normalized spacial score (nSPS) is 11.7. The highest BCUT2D eigenvalue weighted by Gasteiger charge is 2.30. The van der Waals surface area contributed by atoms with Gasteiger partial charge in [-0.2, -0.15) is 23.4 Å². The second kappa shape index (κ2) is 9.07. The molecule has 0 bridgehead atoms. The van der Waals surface area contributed by atoms with E-state index >= 15 is 0 Å². The summed E-state index contributed by atoms with van der Waals surface area (Å²) in [6, 6.07) is 10.6. The highest BCUT2D eigenvalue weighted by atomic mass is 35.5. The van der Waals surface area contributed by atoms with E-state index in [-0.39, 0.29) is 16.0 Å². The summed E-state index contributed by atoms with van der Waals surface area (Å²) in [6.07, 6.45) is -3.04. The van der Waals surface area contributed by atoms with E-state index in [0.29, 0.717) is 11.3 Å². The molecule has 162 valence electrons. The average Bonchev–Trinajstić information content (AvgIpc) is 2.99. The fourth-order valence-corrected chi connectivity index (χ4v) is 3.32. The summed E-state index contributed by atoms with van der Waals surface area (Å²) in [4.78, 5) is 0. The van der Waals surface area contributed by atoms with Crippen LogP contribution in [0.15, 0.2) is 47.6 Å². The minimum Gasteiger partial charge on any atom is -0.331 e. The lowest BCUT2D eigenvalue weighted by atomic mass is 10.1. The van der Waals surface area contributed by atoms with E-state index in [4.69, 9.17) is 23.8 Å². The first-order valence-electron chi connectivity index (χ1n) is 9.17. The van der Waals surface area contributed by atoms with Crippen LogP contribution < -0.4 is 10.7 Å². The first-order valence-corrected chi connectivity index (χ1v) is 9.95. The predicted molar refractivity (Wildman–Crippen MR) is 121 cm³/mol. The number of hydrogen-bond donors (Lipinski definition) is 2. The van der Waals surface area contributed by atoms with Crippen molar-refractivity contribution in [2.45, 2.75) is 26.9 Å². The summed E-state index contributed by atoms with van der Waals surface area (Å²) >= 11 is 11.6. The van der Waals surface area contributed by atoms with Gasteiger partial charge in [0.1, 0.15) is 5.15 Å². The number of rotatable bonds is 4. The standard InChI is InChI=1S/C21H19ClF3N5S/c1-12-6-4-9-18(13(12)2)27-20(31)28-26-11-17-14(3)29-30(19(17)22)16-8-5-7-15(10-16)21(23,24)25/h4-11H,1-3H3,(H2,27,28,31). The number of nitrogens with one attached hydrogen (secondary N) is 2. The molecule has 5 nitrogen and oxygen atoms in total. The number of thiocarbonyl (C=S) groups is 1. The molecule has 0 spiro atoms. The van der Waals surface area contributed by atoms with Crippen molar-refractivity contribution in [3.05, 3.63) is 75.6 Å². The molecular formula is C21H19ClF3N5S. The van der Waals surface area contributed by atoms with Gasteiger partial charge in [-0.05, 0) is 68.4 Å². The molecule has 0 radical (unpaired) electrons. The molecule has 0 saturated heterocycles. The molecule has 2 aromatic carbocycles. The Morgan fingerprint density at radius 1 is 1.16 bits per heavy atom. The van der Waals surface area contributed by atoms with E-state index < -0.39 is 11.7 Å². The van der Waals surface area contributed by atoms with Gasteiger partial charge in [-0.25, -0.2) is 4.68 Å². The van der Waals surface area contributed by atoms with Crippen LogP contribution >= 0.6 is 23.8 Å². The van der Waals surface area contributed by atoms with Gasteiger partial charge in [-0.15, -0.1) is 0 Å². The highest BCUT2D eigenvalue weighted by molar-refractivity contribution is 7.80. The third-order valence-corrected chi connectivity index (χ3v) is 5.24. The van der Waals surface area contributed by atoms with Crippen molar-refractivity contribution < 1.29 is 13.2 Å². The van der Waals surface area contributed by atoms with Gasteiger partial charge in [-0.3, -0.25) is 5.43 Å². The van der Waals surface area contributed by atoms with Crippen molar-refractivity contribution in [1.29, 1.82) is 0 Å². The maximum atomic E-state index is 13.0. The van der Waals surface area contributed by atoms with E-state index in [1.54, 1.807) is 6.92 Å². The third-order valence-electron chi connectivity index (χ3n) is 4.68. The molecule has 0 atom stereocenters. The van der Waals surface area contributed by atoms with Gasteiger partial charge in [0, 0.05) is 5.69 Å². The van der Waals surface area contributed by atoms with Gasteiger partial charge < -0.3 is 5.32 Å². The number of benzene rings is 2. The van der Waals surface area contributed by atoms with Crippen LogP contribution in [0.1, 0.15) is 27.9 Å². The number of nitrogens with zero attached hydrogens (tertiary/aromatic N) is 3. The Morgan fingerprint density at radius 2 is 1.87 bits per heavy atom. The molecule has 0 unspecified atom stereocenters. The number of halogens is 4. The minimum absolute atomic E-state index is 0.135. The fourth-order valence-electron chi connectivity index (χ4n) is 2.84. The first-order chi connectivity index (χ1) is 14.6. The Morgan fingerprint density at radius 3 is 2.58 bits per heavy atom. The van der Waals surface area contributed by atoms with Gasteiger partial charge in [0.2, 0.25) is 0 Å². The van der Waals surface area contributed by atoms with Gasteiger partial charge in [0.15, 0.2) is 5.11 Å². The van der Waals surface area contributed by atoms with Crippen LogP contribution in [0.3, 0.4) is 0 Å². The second-order valence-corrected chi connectivity index (χ2v) is 7.59. The lowest BCUT2D eigenvalue weighted by molar-refractivity contribution is -0.137. The molecule has 2 N–H and O–H groups in total. The summed E-state index contributed by atoms with van der Waals surface area (Å²) in [5.74, 6) is 0. The molecule has 0 amide bonds. The maximum Gasteiger partial charge on any atom is 0.416 e. The van der Waals surface area contributed by atoms with Crippen LogP contribution in [0, 0.1) is 20.8 Å². The minimum atomic E-state index is -4.46. The smallest absolute Gasteiger partial charge is 0.331 e. The molecule has 0 aliphatic heterocycles. The van der Waals surface area contributed by atoms with Crippen LogP contribution in [0.4, 0.5) is 18.9 Å². The van der Waals surface area contributed by atoms with Crippen molar-refractivity contribution in [2.24, 2.45) is 5.10 Å². The maximum absolute atomic E-state index is 13.0. The first kappa shape index (κ1) is 22.8. The molecule has 0 aliphatic carbocycles. The summed E-state index contributed by atoms with van der Waals surface area (Å²) < 4.78 is 40.2. The number of alkyl halides is 3. The van der Waals surface area contributed by atoms with Crippen LogP contribution in [0.2, 0.25) is 5.15 Å². The van der Waals surface area contributed by atoms with Crippen molar-refractivity contribution in [2.75, 3.05) is 5.32 Å². The summed E-state index contributed by atoms with van der Waals surface area (Å²) in [7, 11) is 0. The second-order valence-electron chi connectivity index (χ2n) is 6.82. The number of hydrazone groups is 1. The molecule has 0 fully saturated rings. The van der Waals surface area contributed by atoms with E-state index in [0.717, 1.165) is 28.9 Å². The monoisotopic (exact) mass is 465 g/mol. The SMILES string of the molecule is Cc1cccc(NC(=S)NN=Cc2c(C)nn(-c3cccc(C(F)(F)F)c3)c2Cl)c1C. The molecule has 1 aromatic heterocycles. The van der Waals surface area contributed by atoms with Crippen molar-refractivity contribution >= 4 is 40.8 Å². The van der Waals surface area contributed by atoms with Crippen molar-refractivity contribution in [1.82, 2.24) is 15.2 Å².